The lowest BCUT2D eigenvalue weighted by Gasteiger charge is -2.34. The van der Waals surface area contributed by atoms with Crippen molar-refractivity contribution in [3.05, 3.63) is 54.9 Å². The van der Waals surface area contributed by atoms with Gasteiger partial charge in [-0.2, -0.15) is 4.31 Å². The molecule has 2 aromatic carbocycles. The van der Waals surface area contributed by atoms with Gasteiger partial charge in [-0.3, -0.25) is 0 Å². The number of piperazine rings is 1. The average Bonchev–Trinajstić information content (AvgIpc) is 2.88. The van der Waals surface area contributed by atoms with Crippen molar-refractivity contribution in [2.24, 2.45) is 0 Å². The van der Waals surface area contributed by atoms with E-state index in [1.54, 1.807) is 13.2 Å². The third-order valence-corrected chi connectivity index (χ3v) is 7.49. The number of rotatable bonds is 7. The molecular formula is C23H26N4O5S. The Hall–Kier alpha value is -3.37. The number of hydrogen-bond acceptors (Lipinski definition) is 8. The topological polar surface area (TPSA) is 94.1 Å². The fraction of sp³-hybridized carbons (Fsp3) is 0.304. The Bertz CT molecular complexity index is 1210. The molecule has 0 aliphatic carbocycles. The van der Waals surface area contributed by atoms with E-state index < -0.39 is 10.0 Å². The Labute approximate surface area is 193 Å². The molecule has 4 rings (SSSR count). The number of benzene rings is 2. The van der Waals surface area contributed by atoms with E-state index in [4.69, 9.17) is 14.2 Å². The van der Waals surface area contributed by atoms with Gasteiger partial charge >= 0.3 is 0 Å². The van der Waals surface area contributed by atoms with Crippen LogP contribution in [0.15, 0.2) is 59.8 Å². The second-order valence-corrected chi connectivity index (χ2v) is 9.34. The van der Waals surface area contributed by atoms with Gasteiger partial charge in [0, 0.05) is 43.9 Å². The minimum Gasteiger partial charge on any atom is -0.497 e. The number of aromatic nitrogens is 2. The maximum atomic E-state index is 13.2. The van der Waals surface area contributed by atoms with E-state index in [0.717, 1.165) is 22.8 Å². The molecule has 9 nitrogen and oxygen atoms in total. The minimum atomic E-state index is -3.66. The molecule has 1 fully saturated rings. The highest BCUT2D eigenvalue weighted by atomic mass is 32.2. The molecule has 0 saturated carbocycles. The number of nitrogens with zero attached hydrogens (tertiary/aromatic N) is 4. The van der Waals surface area contributed by atoms with Crippen LogP contribution in [0.3, 0.4) is 0 Å². The zero-order valence-corrected chi connectivity index (χ0v) is 19.6. The maximum Gasteiger partial charge on any atom is 0.243 e. The molecule has 1 aromatic heterocycles. The summed E-state index contributed by atoms with van der Waals surface area (Å²) >= 11 is 0. The molecule has 0 atom stereocenters. The fourth-order valence-electron chi connectivity index (χ4n) is 3.72. The van der Waals surface area contributed by atoms with Crippen LogP contribution >= 0.6 is 0 Å². The van der Waals surface area contributed by atoms with Crippen LogP contribution < -0.4 is 19.1 Å². The van der Waals surface area contributed by atoms with E-state index in [1.165, 1.54) is 37.0 Å². The molecule has 2 heterocycles. The van der Waals surface area contributed by atoms with Gasteiger partial charge in [0.05, 0.1) is 31.9 Å². The molecule has 10 heteroatoms. The Kier molecular flexibility index (Phi) is 6.66. The highest BCUT2D eigenvalue weighted by Gasteiger charge is 2.30. The monoisotopic (exact) mass is 470 g/mol. The van der Waals surface area contributed by atoms with E-state index in [-0.39, 0.29) is 4.90 Å². The molecule has 174 valence electrons. The molecule has 0 spiro atoms. The Balaban J connectivity index is 1.47. The molecular weight excluding hydrogens is 444 g/mol. The van der Waals surface area contributed by atoms with Crippen molar-refractivity contribution >= 4 is 15.8 Å². The standard InChI is InChI=1S/C23H26N4O5S/c1-30-18-6-4-17(5-7-18)20-15-23(25-16-24-20)26-10-12-27(13-11-26)33(28,29)19-8-9-21(31-2)22(14-19)32-3/h4-9,14-16H,10-13H2,1-3H3. The average molecular weight is 471 g/mol. The summed E-state index contributed by atoms with van der Waals surface area (Å²) in [4.78, 5) is 11.0. The summed E-state index contributed by atoms with van der Waals surface area (Å²) in [6.07, 6.45) is 1.53. The molecule has 1 saturated heterocycles. The Morgan fingerprint density at radius 3 is 2.12 bits per heavy atom. The Morgan fingerprint density at radius 1 is 0.788 bits per heavy atom. The summed E-state index contributed by atoms with van der Waals surface area (Å²) in [5.41, 5.74) is 1.75. The molecule has 0 bridgehead atoms. The largest absolute Gasteiger partial charge is 0.497 e. The minimum absolute atomic E-state index is 0.178. The van der Waals surface area contributed by atoms with Crippen LogP contribution in [0.1, 0.15) is 0 Å². The third-order valence-electron chi connectivity index (χ3n) is 5.59. The second-order valence-electron chi connectivity index (χ2n) is 7.40. The van der Waals surface area contributed by atoms with Gasteiger partial charge in [0.1, 0.15) is 17.9 Å². The molecule has 0 radical (unpaired) electrons. The predicted molar refractivity (Wildman–Crippen MR) is 125 cm³/mol. The first-order valence-corrected chi connectivity index (χ1v) is 11.8. The van der Waals surface area contributed by atoms with Crippen molar-refractivity contribution in [1.29, 1.82) is 0 Å². The van der Waals surface area contributed by atoms with Crippen LogP contribution in [0.5, 0.6) is 17.2 Å². The highest BCUT2D eigenvalue weighted by molar-refractivity contribution is 7.89. The van der Waals surface area contributed by atoms with Gasteiger partial charge in [0.2, 0.25) is 10.0 Å². The number of sulfonamides is 1. The SMILES string of the molecule is COc1ccc(-c2cc(N3CCN(S(=O)(=O)c4ccc(OC)c(OC)c4)CC3)ncn2)cc1. The summed E-state index contributed by atoms with van der Waals surface area (Å²) in [7, 11) is 0.965. The second kappa shape index (κ2) is 9.63. The molecule has 1 aliphatic rings. The van der Waals surface area contributed by atoms with Gasteiger partial charge in [-0.15, -0.1) is 0 Å². The van der Waals surface area contributed by atoms with Gasteiger partial charge < -0.3 is 19.1 Å². The summed E-state index contributed by atoms with van der Waals surface area (Å²) in [6.45, 7) is 1.73. The zero-order chi connectivity index (χ0) is 23.4. The van der Waals surface area contributed by atoms with Crippen molar-refractivity contribution in [2.75, 3.05) is 52.4 Å². The van der Waals surface area contributed by atoms with E-state index in [9.17, 15) is 8.42 Å². The first-order valence-electron chi connectivity index (χ1n) is 10.4. The predicted octanol–water partition coefficient (Wildman–Crippen LogP) is 2.68. The normalized spacial score (nSPS) is 14.7. The first kappa shape index (κ1) is 22.8. The van der Waals surface area contributed by atoms with Crippen LogP contribution in [-0.4, -0.2) is 70.2 Å². The summed E-state index contributed by atoms with van der Waals surface area (Å²) < 4.78 is 43.5. The third kappa shape index (κ3) is 4.71. The molecule has 33 heavy (non-hydrogen) atoms. The lowest BCUT2D eigenvalue weighted by atomic mass is 10.1. The highest BCUT2D eigenvalue weighted by Crippen LogP contribution is 2.31. The van der Waals surface area contributed by atoms with Crippen molar-refractivity contribution in [3.8, 4) is 28.5 Å². The molecule has 0 unspecified atom stereocenters. The van der Waals surface area contributed by atoms with Gasteiger partial charge in [-0.05, 0) is 36.4 Å². The number of methoxy groups -OCH3 is 3. The lowest BCUT2D eigenvalue weighted by Crippen LogP contribution is -2.48. The fourth-order valence-corrected chi connectivity index (χ4v) is 5.16. The van der Waals surface area contributed by atoms with Gasteiger partial charge in [-0.25, -0.2) is 18.4 Å². The number of anilines is 1. The number of ether oxygens (including phenoxy) is 3. The van der Waals surface area contributed by atoms with Gasteiger partial charge in [0.15, 0.2) is 11.5 Å². The van der Waals surface area contributed by atoms with Crippen molar-refractivity contribution in [2.45, 2.75) is 4.90 Å². The molecule has 0 amide bonds. The van der Waals surface area contributed by atoms with Crippen LogP contribution in [-0.2, 0) is 10.0 Å². The molecule has 3 aromatic rings. The van der Waals surface area contributed by atoms with E-state index in [1.807, 2.05) is 30.3 Å². The Morgan fingerprint density at radius 2 is 1.48 bits per heavy atom. The maximum absolute atomic E-state index is 13.2. The smallest absolute Gasteiger partial charge is 0.243 e. The number of hydrogen-bond donors (Lipinski definition) is 0. The van der Waals surface area contributed by atoms with E-state index >= 15 is 0 Å². The van der Waals surface area contributed by atoms with Crippen molar-refractivity contribution in [1.82, 2.24) is 14.3 Å². The van der Waals surface area contributed by atoms with Crippen LogP contribution in [0.25, 0.3) is 11.3 Å². The van der Waals surface area contributed by atoms with E-state index in [0.29, 0.717) is 37.7 Å². The summed E-state index contributed by atoms with van der Waals surface area (Å²) in [6, 6.07) is 14.2. The summed E-state index contributed by atoms with van der Waals surface area (Å²) in [5, 5.41) is 0. The van der Waals surface area contributed by atoms with Crippen molar-refractivity contribution in [3.63, 3.8) is 0 Å². The first-order chi connectivity index (χ1) is 16.0. The zero-order valence-electron chi connectivity index (χ0n) is 18.8. The van der Waals surface area contributed by atoms with Gasteiger partial charge in [0.25, 0.3) is 0 Å². The van der Waals surface area contributed by atoms with Crippen LogP contribution in [0, 0.1) is 0 Å². The summed E-state index contributed by atoms with van der Waals surface area (Å²) in [5.74, 6) is 2.40. The van der Waals surface area contributed by atoms with Crippen LogP contribution in [0.2, 0.25) is 0 Å². The lowest BCUT2D eigenvalue weighted by molar-refractivity contribution is 0.353. The van der Waals surface area contributed by atoms with Gasteiger partial charge in [-0.1, -0.05) is 0 Å². The van der Waals surface area contributed by atoms with Crippen LogP contribution in [0.4, 0.5) is 5.82 Å². The molecule has 1 aliphatic heterocycles. The van der Waals surface area contributed by atoms with E-state index in [2.05, 4.69) is 14.9 Å². The van der Waals surface area contributed by atoms with Crippen molar-refractivity contribution < 1.29 is 22.6 Å². The molecule has 0 N–H and O–H groups in total. The quantitative estimate of drug-likeness (QED) is 0.520.